The van der Waals surface area contributed by atoms with Crippen LogP contribution in [0.1, 0.15) is 33.3 Å². The van der Waals surface area contributed by atoms with E-state index in [9.17, 15) is 9.59 Å². The van der Waals surface area contributed by atoms with Crippen LogP contribution in [0.15, 0.2) is 60.8 Å². The van der Waals surface area contributed by atoms with Gasteiger partial charge in [0.05, 0.1) is 12.2 Å². The summed E-state index contributed by atoms with van der Waals surface area (Å²) in [6.07, 6.45) is 1.52. The largest absolute Gasteiger partial charge is 0.462 e. The average molecular weight is 376 g/mol. The fourth-order valence-electron chi connectivity index (χ4n) is 2.48. The van der Waals surface area contributed by atoms with Crippen molar-refractivity contribution in [3.05, 3.63) is 77.6 Å². The van der Waals surface area contributed by atoms with Crippen LogP contribution < -0.4 is 10.6 Å². The summed E-state index contributed by atoms with van der Waals surface area (Å²) < 4.78 is 4.94. The summed E-state index contributed by atoms with van der Waals surface area (Å²) in [7, 11) is 0. The Morgan fingerprint density at radius 2 is 1.79 bits per heavy atom. The molecule has 0 unspecified atom stereocenters. The number of esters is 1. The molecule has 0 spiro atoms. The van der Waals surface area contributed by atoms with Gasteiger partial charge < -0.3 is 15.4 Å². The van der Waals surface area contributed by atoms with E-state index in [4.69, 9.17) is 4.74 Å². The first kappa shape index (κ1) is 19.0. The lowest BCUT2D eigenvalue weighted by Crippen LogP contribution is -2.15. The predicted molar refractivity (Wildman–Crippen MR) is 107 cm³/mol. The fraction of sp³-hybridized carbons (Fsp3) is 0.143. The number of nitrogens with one attached hydrogen (secondary N) is 2. The third-order valence-corrected chi connectivity index (χ3v) is 3.93. The number of aromatic nitrogens is 2. The Kier molecular flexibility index (Phi) is 5.96. The molecule has 0 aliphatic carbocycles. The summed E-state index contributed by atoms with van der Waals surface area (Å²) in [6, 6.07) is 15.7. The molecule has 1 heterocycles. The molecule has 7 nitrogen and oxygen atoms in total. The molecular formula is C21H20N4O3. The molecule has 0 fully saturated rings. The molecule has 2 N–H and O–H groups in total. The Morgan fingerprint density at radius 3 is 2.50 bits per heavy atom. The molecule has 3 rings (SSSR count). The normalized spacial score (nSPS) is 10.2. The molecule has 142 valence electrons. The van der Waals surface area contributed by atoms with E-state index in [1.54, 1.807) is 31.2 Å². The van der Waals surface area contributed by atoms with Crippen LogP contribution in [0, 0.1) is 6.92 Å². The molecule has 0 bridgehead atoms. The molecule has 3 aromatic rings. The smallest absolute Gasteiger partial charge is 0.338 e. The van der Waals surface area contributed by atoms with Crippen molar-refractivity contribution < 1.29 is 14.3 Å². The van der Waals surface area contributed by atoms with E-state index in [2.05, 4.69) is 20.6 Å². The van der Waals surface area contributed by atoms with E-state index in [0.717, 1.165) is 11.3 Å². The van der Waals surface area contributed by atoms with Gasteiger partial charge in [0.1, 0.15) is 5.69 Å². The maximum atomic E-state index is 12.5. The van der Waals surface area contributed by atoms with Gasteiger partial charge in [-0.1, -0.05) is 18.2 Å². The average Bonchev–Trinajstić information content (AvgIpc) is 2.71. The molecule has 0 aliphatic rings. The summed E-state index contributed by atoms with van der Waals surface area (Å²) in [5.74, 6) is -0.443. The zero-order chi connectivity index (χ0) is 19.9. The van der Waals surface area contributed by atoms with Crippen molar-refractivity contribution >= 4 is 29.2 Å². The molecule has 28 heavy (non-hydrogen) atoms. The number of amides is 1. The number of carbonyl (C=O) groups excluding carboxylic acids is 2. The first-order valence-electron chi connectivity index (χ1n) is 8.81. The third-order valence-electron chi connectivity index (χ3n) is 3.93. The molecule has 0 radical (unpaired) electrons. The van der Waals surface area contributed by atoms with Gasteiger partial charge in [-0.2, -0.15) is 0 Å². The fourth-order valence-corrected chi connectivity index (χ4v) is 2.48. The van der Waals surface area contributed by atoms with Gasteiger partial charge in [-0.3, -0.25) is 4.79 Å². The van der Waals surface area contributed by atoms with Crippen LogP contribution in [0.25, 0.3) is 0 Å². The maximum absolute atomic E-state index is 12.5. The Bertz CT molecular complexity index is 987. The molecule has 2 aromatic carbocycles. The topological polar surface area (TPSA) is 93.2 Å². The second-order valence-electron chi connectivity index (χ2n) is 5.96. The van der Waals surface area contributed by atoms with E-state index in [-0.39, 0.29) is 11.6 Å². The van der Waals surface area contributed by atoms with E-state index in [0.29, 0.717) is 23.8 Å². The third kappa shape index (κ3) is 4.70. The monoisotopic (exact) mass is 376 g/mol. The molecule has 0 saturated heterocycles. The zero-order valence-corrected chi connectivity index (χ0v) is 15.6. The summed E-state index contributed by atoms with van der Waals surface area (Å²) in [5, 5.41) is 5.86. The second-order valence-corrected chi connectivity index (χ2v) is 5.96. The van der Waals surface area contributed by atoms with E-state index >= 15 is 0 Å². The van der Waals surface area contributed by atoms with Gasteiger partial charge in [0.2, 0.25) is 5.95 Å². The number of hydrogen-bond donors (Lipinski definition) is 2. The van der Waals surface area contributed by atoms with Gasteiger partial charge in [-0.05, 0) is 55.8 Å². The highest BCUT2D eigenvalue weighted by Crippen LogP contribution is 2.18. The molecule has 1 amide bonds. The first-order valence-corrected chi connectivity index (χ1v) is 8.81. The minimum absolute atomic E-state index is 0.223. The van der Waals surface area contributed by atoms with Crippen molar-refractivity contribution in [1.82, 2.24) is 9.97 Å². The summed E-state index contributed by atoms with van der Waals surface area (Å²) in [6.45, 7) is 4.03. The zero-order valence-electron chi connectivity index (χ0n) is 15.6. The standard InChI is InChI=1S/C21H20N4O3/c1-3-28-20(27)15-8-10-16(11-9-15)23-19(26)18-12-13-22-21(25-18)24-17-7-5-4-6-14(17)2/h4-13H,3H2,1-2H3,(H,23,26)(H,22,24,25). The summed E-state index contributed by atoms with van der Waals surface area (Å²) in [4.78, 5) is 32.6. The number of anilines is 3. The Labute approximate surface area is 162 Å². The number of nitrogens with zero attached hydrogens (tertiary/aromatic N) is 2. The number of benzene rings is 2. The molecular weight excluding hydrogens is 356 g/mol. The number of para-hydroxylation sites is 1. The SMILES string of the molecule is CCOC(=O)c1ccc(NC(=O)c2ccnc(Nc3ccccc3C)n2)cc1. The Hall–Kier alpha value is -3.74. The quantitative estimate of drug-likeness (QED) is 0.633. The van der Waals surface area contributed by atoms with Gasteiger partial charge >= 0.3 is 5.97 Å². The molecule has 0 aliphatic heterocycles. The minimum Gasteiger partial charge on any atom is -0.462 e. The second kappa shape index (κ2) is 8.77. The number of hydrogen-bond acceptors (Lipinski definition) is 6. The van der Waals surface area contributed by atoms with Crippen molar-refractivity contribution in [3.8, 4) is 0 Å². The van der Waals surface area contributed by atoms with Gasteiger partial charge in [0.25, 0.3) is 5.91 Å². The van der Waals surface area contributed by atoms with Crippen molar-refractivity contribution in [2.75, 3.05) is 17.2 Å². The maximum Gasteiger partial charge on any atom is 0.338 e. The Morgan fingerprint density at radius 1 is 1.04 bits per heavy atom. The van der Waals surface area contributed by atoms with Crippen LogP contribution >= 0.6 is 0 Å². The molecule has 7 heteroatoms. The van der Waals surface area contributed by atoms with Crippen LogP contribution in [-0.4, -0.2) is 28.5 Å². The lowest BCUT2D eigenvalue weighted by atomic mass is 10.2. The number of ether oxygens (including phenoxy) is 1. The van der Waals surface area contributed by atoms with Gasteiger partial charge in [0.15, 0.2) is 0 Å². The first-order chi connectivity index (χ1) is 13.6. The van der Waals surface area contributed by atoms with Crippen LogP contribution in [0.5, 0.6) is 0 Å². The van der Waals surface area contributed by atoms with Crippen LogP contribution in [0.2, 0.25) is 0 Å². The number of aryl methyl sites for hydroxylation is 1. The molecule has 0 saturated carbocycles. The van der Waals surface area contributed by atoms with E-state index in [1.165, 1.54) is 12.3 Å². The number of carbonyl (C=O) groups is 2. The molecule has 1 aromatic heterocycles. The lowest BCUT2D eigenvalue weighted by Gasteiger charge is -2.09. The Balaban J connectivity index is 1.69. The van der Waals surface area contributed by atoms with Crippen molar-refractivity contribution in [3.63, 3.8) is 0 Å². The number of rotatable bonds is 6. The van der Waals surface area contributed by atoms with Gasteiger partial charge in [0, 0.05) is 17.6 Å². The van der Waals surface area contributed by atoms with Crippen LogP contribution in [-0.2, 0) is 4.74 Å². The van der Waals surface area contributed by atoms with E-state index in [1.807, 2.05) is 31.2 Å². The lowest BCUT2D eigenvalue weighted by molar-refractivity contribution is 0.0526. The van der Waals surface area contributed by atoms with Crippen LogP contribution in [0.3, 0.4) is 0 Å². The minimum atomic E-state index is -0.400. The van der Waals surface area contributed by atoms with Gasteiger partial charge in [-0.15, -0.1) is 0 Å². The van der Waals surface area contributed by atoms with Crippen molar-refractivity contribution in [2.24, 2.45) is 0 Å². The predicted octanol–water partition coefficient (Wildman–Crippen LogP) is 3.96. The van der Waals surface area contributed by atoms with Crippen molar-refractivity contribution in [2.45, 2.75) is 13.8 Å². The van der Waals surface area contributed by atoms with Gasteiger partial charge in [-0.25, -0.2) is 14.8 Å². The van der Waals surface area contributed by atoms with Crippen LogP contribution in [0.4, 0.5) is 17.3 Å². The van der Waals surface area contributed by atoms with E-state index < -0.39 is 5.97 Å². The summed E-state index contributed by atoms with van der Waals surface area (Å²) in [5.41, 5.74) is 3.11. The van der Waals surface area contributed by atoms with Crippen molar-refractivity contribution in [1.29, 1.82) is 0 Å². The summed E-state index contributed by atoms with van der Waals surface area (Å²) >= 11 is 0. The highest BCUT2D eigenvalue weighted by atomic mass is 16.5. The highest BCUT2D eigenvalue weighted by Gasteiger charge is 2.11. The molecule has 0 atom stereocenters. The highest BCUT2D eigenvalue weighted by molar-refractivity contribution is 6.03.